The number of amides is 3. The van der Waals surface area contributed by atoms with Crippen molar-refractivity contribution in [1.82, 2.24) is 15.2 Å². The van der Waals surface area contributed by atoms with Crippen molar-refractivity contribution < 1.29 is 22.8 Å². The Labute approximate surface area is 161 Å². The average molecular weight is 406 g/mol. The van der Waals surface area contributed by atoms with E-state index in [4.69, 9.17) is 11.6 Å². The lowest BCUT2D eigenvalue weighted by molar-refractivity contribution is -0.123. The molecule has 142 valence electrons. The fourth-order valence-electron chi connectivity index (χ4n) is 2.97. The highest BCUT2D eigenvalue weighted by atomic mass is 35.5. The Morgan fingerprint density at radius 3 is 2.61 bits per heavy atom. The number of hydrogen-bond acceptors (Lipinski definition) is 2. The molecule has 0 aliphatic carbocycles. The van der Waals surface area contributed by atoms with Gasteiger partial charge in [0.1, 0.15) is 5.70 Å². The van der Waals surface area contributed by atoms with Crippen LogP contribution in [-0.2, 0) is 11.3 Å². The Morgan fingerprint density at radius 1 is 1.07 bits per heavy atom. The molecule has 0 radical (unpaired) electrons. The Kier molecular flexibility index (Phi) is 4.35. The number of carbonyl (C=O) groups is 2. The van der Waals surface area contributed by atoms with Gasteiger partial charge < -0.3 is 10.3 Å². The summed E-state index contributed by atoms with van der Waals surface area (Å²) in [5.41, 5.74) is 0.884. The SMILES string of the molecule is O=C1N/C(=C\c2c[nH]c3c(F)c(Cl)ccc23)C(=O)N1Cc1ccc(F)c(F)c1. The van der Waals surface area contributed by atoms with Crippen LogP contribution in [-0.4, -0.2) is 21.8 Å². The number of hydrogen-bond donors (Lipinski definition) is 2. The molecule has 0 bridgehead atoms. The molecule has 9 heteroatoms. The van der Waals surface area contributed by atoms with E-state index in [2.05, 4.69) is 10.3 Å². The zero-order chi connectivity index (χ0) is 20.0. The van der Waals surface area contributed by atoms with Crippen molar-refractivity contribution in [1.29, 1.82) is 0 Å². The lowest BCUT2D eigenvalue weighted by atomic mass is 10.1. The van der Waals surface area contributed by atoms with Gasteiger partial charge in [-0.1, -0.05) is 23.7 Å². The van der Waals surface area contributed by atoms with E-state index in [-0.39, 0.29) is 28.3 Å². The molecule has 1 aliphatic heterocycles. The second-order valence-electron chi connectivity index (χ2n) is 6.16. The minimum absolute atomic E-state index is 0.0242. The summed E-state index contributed by atoms with van der Waals surface area (Å²) in [4.78, 5) is 28.3. The summed E-state index contributed by atoms with van der Waals surface area (Å²) < 4.78 is 40.4. The van der Waals surface area contributed by atoms with Gasteiger partial charge in [0.2, 0.25) is 0 Å². The molecule has 2 aromatic carbocycles. The number of nitrogens with zero attached hydrogens (tertiary/aromatic N) is 1. The summed E-state index contributed by atoms with van der Waals surface area (Å²) in [6, 6.07) is 5.40. The van der Waals surface area contributed by atoms with Crippen molar-refractivity contribution >= 4 is 40.5 Å². The third kappa shape index (κ3) is 3.01. The quantitative estimate of drug-likeness (QED) is 0.503. The number of carbonyl (C=O) groups excluding carboxylic acids is 2. The zero-order valence-electron chi connectivity index (χ0n) is 14.0. The zero-order valence-corrected chi connectivity index (χ0v) is 14.8. The van der Waals surface area contributed by atoms with Crippen LogP contribution in [0, 0.1) is 17.5 Å². The van der Waals surface area contributed by atoms with E-state index in [1.807, 2.05) is 0 Å². The van der Waals surface area contributed by atoms with Crippen LogP contribution in [0.4, 0.5) is 18.0 Å². The number of rotatable bonds is 3. The minimum Gasteiger partial charge on any atom is -0.358 e. The summed E-state index contributed by atoms with van der Waals surface area (Å²) in [6.45, 7) is -0.225. The highest BCUT2D eigenvalue weighted by Crippen LogP contribution is 2.28. The van der Waals surface area contributed by atoms with Crippen molar-refractivity contribution in [2.24, 2.45) is 0 Å². The Balaban J connectivity index is 1.63. The van der Waals surface area contributed by atoms with Crippen molar-refractivity contribution in [3.63, 3.8) is 0 Å². The fraction of sp³-hybridized carbons (Fsp3) is 0.0526. The van der Waals surface area contributed by atoms with Crippen LogP contribution < -0.4 is 5.32 Å². The number of imide groups is 1. The standard InChI is InChI=1S/C19H11ClF3N3O2/c20-12-3-2-11-10(7-24-17(11)16(12)23)6-15-18(27)26(19(28)25-15)8-9-1-4-13(21)14(22)5-9/h1-7,24H,8H2,(H,25,28)/b15-6-. The van der Waals surface area contributed by atoms with Crippen molar-refractivity contribution in [2.45, 2.75) is 6.54 Å². The summed E-state index contributed by atoms with van der Waals surface area (Å²) in [7, 11) is 0. The molecular weight excluding hydrogens is 395 g/mol. The van der Waals surface area contributed by atoms with Gasteiger partial charge in [-0.05, 0) is 29.8 Å². The van der Waals surface area contributed by atoms with Gasteiger partial charge in [0, 0.05) is 17.1 Å². The van der Waals surface area contributed by atoms with Crippen LogP contribution in [0.3, 0.4) is 0 Å². The molecule has 1 aliphatic rings. The van der Waals surface area contributed by atoms with E-state index in [0.717, 1.165) is 17.0 Å². The molecule has 2 heterocycles. The lowest BCUT2D eigenvalue weighted by Crippen LogP contribution is -2.30. The molecule has 5 nitrogen and oxygen atoms in total. The van der Waals surface area contributed by atoms with E-state index in [1.165, 1.54) is 24.4 Å². The van der Waals surface area contributed by atoms with E-state index in [1.54, 1.807) is 6.07 Å². The highest BCUT2D eigenvalue weighted by Gasteiger charge is 2.33. The number of H-pyrrole nitrogens is 1. The third-order valence-electron chi connectivity index (χ3n) is 4.36. The largest absolute Gasteiger partial charge is 0.358 e. The smallest absolute Gasteiger partial charge is 0.329 e. The third-order valence-corrected chi connectivity index (χ3v) is 4.66. The molecule has 0 atom stereocenters. The van der Waals surface area contributed by atoms with Crippen LogP contribution in [0.2, 0.25) is 5.02 Å². The second-order valence-corrected chi connectivity index (χ2v) is 6.56. The molecule has 0 unspecified atom stereocenters. The van der Waals surface area contributed by atoms with Gasteiger partial charge in [-0.15, -0.1) is 0 Å². The van der Waals surface area contributed by atoms with E-state index >= 15 is 0 Å². The number of urea groups is 1. The highest BCUT2D eigenvalue weighted by molar-refractivity contribution is 6.31. The maximum Gasteiger partial charge on any atom is 0.329 e. The second kappa shape index (κ2) is 6.72. The van der Waals surface area contributed by atoms with Crippen molar-refractivity contribution in [3.8, 4) is 0 Å². The first-order valence-electron chi connectivity index (χ1n) is 8.08. The average Bonchev–Trinajstić information content (AvgIpc) is 3.18. The first-order chi connectivity index (χ1) is 13.3. The Bertz CT molecular complexity index is 1170. The lowest BCUT2D eigenvalue weighted by Gasteiger charge is -2.11. The van der Waals surface area contributed by atoms with Gasteiger partial charge in [-0.25, -0.2) is 18.0 Å². The molecular formula is C19H11ClF3N3O2. The van der Waals surface area contributed by atoms with Crippen LogP contribution in [0.25, 0.3) is 17.0 Å². The maximum atomic E-state index is 14.0. The van der Waals surface area contributed by atoms with Crippen LogP contribution >= 0.6 is 11.6 Å². The molecule has 1 aromatic heterocycles. The molecule has 3 aromatic rings. The van der Waals surface area contributed by atoms with Gasteiger partial charge in [0.25, 0.3) is 5.91 Å². The number of aromatic amines is 1. The van der Waals surface area contributed by atoms with Crippen molar-refractivity contribution in [2.75, 3.05) is 0 Å². The summed E-state index contributed by atoms with van der Waals surface area (Å²) in [5, 5.41) is 2.86. The van der Waals surface area contributed by atoms with Crippen molar-refractivity contribution in [3.05, 3.63) is 75.8 Å². The number of fused-ring (bicyclic) bond motifs is 1. The topological polar surface area (TPSA) is 65.2 Å². The van der Waals surface area contributed by atoms with E-state index in [9.17, 15) is 22.8 Å². The molecule has 1 fully saturated rings. The van der Waals surface area contributed by atoms with Gasteiger partial charge in [-0.2, -0.15) is 0 Å². The molecule has 28 heavy (non-hydrogen) atoms. The summed E-state index contributed by atoms with van der Waals surface area (Å²) in [5.74, 6) is -3.35. The van der Waals surface area contributed by atoms with E-state index < -0.39 is 29.4 Å². The maximum absolute atomic E-state index is 14.0. The van der Waals surface area contributed by atoms with Gasteiger partial charge in [0.05, 0.1) is 17.1 Å². The van der Waals surface area contributed by atoms with E-state index in [0.29, 0.717) is 10.9 Å². The number of benzene rings is 2. The normalized spacial score (nSPS) is 15.7. The Morgan fingerprint density at radius 2 is 1.86 bits per heavy atom. The number of halogens is 4. The fourth-order valence-corrected chi connectivity index (χ4v) is 3.13. The van der Waals surface area contributed by atoms with Crippen LogP contribution in [0.15, 0.2) is 42.2 Å². The van der Waals surface area contributed by atoms with Gasteiger partial charge in [0.15, 0.2) is 17.5 Å². The summed E-state index contributed by atoms with van der Waals surface area (Å²) >= 11 is 5.75. The molecule has 3 amide bonds. The predicted octanol–water partition coefficient (Wildman–Crippen LogP) is 4.33. The molecule has 1 saturated heterocycles. The first kappa shape index (κ1) is 18.1. The monoisotopic (exact) mass is 405 g/mol. The molecule has 4 rings (SSSR count). The number of nitrogens with one attached hydrogen (secondary N) is 2. The minimum atomic E-state index is -1.07. The van der Waals surface area contributed by atoms with Crippen LogP contribution in [0.1, 0.15) is 11.1 Å². The number of aromatic nitrogens is 1. The molecule has 2 N–H and O–H groups in total. The summed E-state index contributed by atoms with van der Waals surface area (Å²) in [6.07, 6.45) is 2.88. The predicted molar refractivity (Wildman–Crippen MR) is 96.7 cm³/mol. The first-order valence-corrected chi connectivity index (χ1v) is 8.46. The molecule has 0 spiro atoms. The van der Waals surface area contributed by atoms with Gasteiger partial charge in [-0.3, -0.25) is 9.69 Å². The van der Waals surface area contributed by atoms with Crippen LogP contribution in [0.5, 0.6) is 0 Å². The van der Waals surface area contributed by atoms with Gasteiger partial charge >= 0.3 is 6.03 Å². The Hall–Kier alpha value is -3.26. The molecule has 0 saturated carbocycles.